The van der Waals surface area contributed by atoms with E-state index >= 15 is 0 Å². The molecule has 1 atom stereocenters. The zero-order valence-corrected chi connectivity index (χ0v) is 10.9. The predicted molar refractivity (Wildman–Crippen MR) is 65.3 cm³/mol. The molecule has 3 heteroatoms. The Morgan fingerprint density at radius 1 is 1.31 bits per heavy atom. The van der Waals surface area contributed by atoms with Gasteiger partial charge < -0.3 is 4.74 Å². The molecule has 0 amide bonds. The standard InChI is InChI=1S/C13H25NO2/c1-4-11(5-2)14-10-8-7-9-12(14)13(15)16-6-3/h11-12H,4-10H2,1-3H3. The van der Waals surface area contributed by atoms with Gasteiger partial charge in [-0.2, -0.15) is 0 Å². The smallest absolute Gasteiger partial charge is 0.323 e. The highest BCUT2D eigenvalue weighted by Crippen LogP contribution is 2.23. The number of rotatable bonds is 5. The summed E-state index contributed by atoms with van der Waals surface area (Å²) in [5.41, 5.74) is 0. The van der Waals surface area contributed by atoms with Crippen LogP contribution in [0.4, 0.5) is 0 Å². The van der Waals surface area contributed by atoms with E-state index in [1.54, 1.807) is 0 Å². The lowest BCUT2D eigenvalue weighted by Gasteiger charge is -2.39. The van der Waals surface area contributed by atoms with Gasteiger partial charge in [0.05, 0.1) is 6.61 Å². The number of likely N-dealkylation sites (tertiary alicyclic amines) is 1. The van der Waals surface area contributed by atoms with Crippen LogP contribution < -0.4 is 0 Å². The van der Waals surface area contributed by atoms with Crippen LogP contribution in [-0.2, 0) is 9.53 Å². The second-order valence-electron chi connectivity index (χ2n) is 4.47. The molecule has 1 fully saturated rings. The van der Waals surface area contributed by atoms with Gasteiger partial charge >= 0.3 is 5.97 Å². The Morgan fingerprint density at radius 3 is 2.56 bits per heavy atom. The van der Waals surface area contributed by atoms with Crippen molar-refractivity contribution >= 4 is 5.97 Å². The second-order valence-corrected chi connectivity index (χ2v) is 4.47. The van der Waals surface area contributed by atoms with Gasteiger partial charge in [-0.1, -0.05) is 20.3 Å². The maximum absolute atomic E-state index is 11.9. The molecule has 1 unspecified atom stereocenters. The van der Waals surface area contributed by atoms with Crippen LogP contribution in [0.25, 0.3) is 0 Å². The molecule has 0 radical (unpaired) electrons. The summed E-state index contributed by atoms with van der Waals surface area (Å²) in [5, 5.41) is 0. The van der Waals surface area contributed by atoms with Gasteiger partial charge in [-0.05, 0) is 39.2 Å². The summed E-state index contributed by atoms with van der Waals surface area (Å²) in [6.45, 7) is 7.82. The van der Waals surface area contributed by atoms with Crippen LogP contribution in [0.2, 0.25) is 0 Å². The van der Waals surface area contributed by atoms with Gasteiger partial charge in [-0.25, -0.2) is 0 Å². The molecular weight excluding hydrogens is 202 g/mol. The Labute approximate surface area is 99.1 Å². The fourth-order valence-electron chi connectivity index (χ4n) is 2.64. The van der Waals surface area contributed by atoms with E-state index in [0.29, 0.717) is 12.6 Å². The second kappa shape index (κ2) is 6.89. The van der Waals surface area contributed by atoms with E-state index in [1.807, 2.05) is 6.92 Å². The fourth-order valence-corrected chi connectivity index (χ4v) is 2.64. The van der Waals surface area contributed by atoms with Gasteiger partial charge in [0.15, 0.2) is 0 Å². The third-order valence-electron chi connectivity index (χ3n) is 3.51. The third kappa shape index (κ3) is 3.21. The van der Waals surface area contributed by atoms with Crippen LogP contribution in [0.1, 0.15) is 52.9 Å². The van der Waals surface area contributed by atoms with E-state index < -0.39 is 0 Å². The Balaban J connectivity index is 2.66. The number of esters is 1. The molecule has 1 saturated heterocycles. The molecule has 0 N–H and O–H groups in total. The van der Waals surface area contributed by atoms with E-state index in [-0.39, 0.29) is 12.0 Å². The van der Waals surface area contributed by atoms with Crippen molar-refractivity contribution in [3.8, 4) is 0 Å². The largest absolute Gasteiger partial charge is 0.465 e. The zero-order valence-electron chi connectivity index (χ0n) is 10.9. The first-order valence-corrected chi connectivity index (χ1v) is 6.66. The fraction of sp³-hybridized carbons (Fsp3) is 0.923. The average molecular weight is 227 g/mol. The summed E-state index contributed by atoms with van der Waals surface area (Å²) >= 11 is 0. The van der Waals surface area contributed by atoms with Gasteiger partial charge in [0.1, 0.15) is 6.04 Å². The molecule has 1 heterocycles. The quantitative estimate of drug-likeness (QED) is 0.676. The first-order chi connectivity index (χ1) is 7.74. The van der Waals surface area contributed by atoms with Gasteiger partial charge in [0.2, 0.25) is 0 Å². The Bertz CT molecular complexity index is 214. The van der Waals surface area contributed by atoms with Crippen molar-refractivity contribution in [3.05, 3.63) is 0 Å². The van der Waals surface area contributed by atoms with E-state index in [2.05, 4.69) is 18.7 Å². The monoisotopic (exact) mass is 227 g/mol. The lowest BCUT2D eigenvalue weighted by molar-refractivity contribution is -0.152. The summed E-state index contributed by atoms with van der Waals surface area (Å²) in [6, 6.07) is 0.549. The molecule has 0 aromatic heterocycles. The zero-order chi connectivity index (χ0) is 12.0. The van der Waals surface area contributed by atoms with Crippen LogP contribution in [-0.4, -0.2) is 36.1 Å². The number of carbonyl (C=O) groups excluding carboxylic acids is 1. The lowest BCUT2D eigenvalue weighted by atomic mass is 9.97. The van der Waals surface area contributed by atoms with Crippen molar-refractivity contribution in [1.29, 1.82) is 0 Å². The Morgan fingerprint density at radius 2 is 2.00 bits per heavy atom. The number of hydrogen-bond acceptors (Lipinski definition) is 3. The number of nitrogens with zero attached hydrogens (tertiary/aromatic N) is 1. The topological polar surface area (TPSA) is 29.5 Å². The first kappa shape index (κ1) is 13.5. The first-order valence-electron chi connectivity index (χ1n) is 6.66. The highest BCUT2D eigenvalue weighted by molar-refractivity contribution is 5.75. The molecule has 0 aromatic rings. The Kier molecular flexibility index (Phi) is 5.81. The number of carbonyl (C=O) groups is 1. The van der Waals surface area contributed by atoms with Crippen molar-refractivity contribution in [2.75, 3.05) is 13.2 Å². The number of piperidine rings is 1. The lowest BCUT2D eigenvalue weighted by Crippen LogP contribution is -2.50. The molecule has 1 rings (SSSR count). The van der Waals surface area contributed by atoms with E-state index in [1.165, 1.54) is 6.42 Å². The molecule has 0 aromatic carbocycles. The maximum Gasteiger partial charge on any atom is 0.323 e. The van der Waals surface area contributed by atoms with Crippen molar-refractivity contribution in [1.82, 2.24) is 4.90 Å². The maximum atomic E-state index is 11.9. The van der Waals surface area contributed by atoms with Gasteiger partial charge in [-0.15, -0.1) is 0 Å². The molecule has 94 valence electrons. The van der Waals surface area contributed by atoms with Crippen LogP contribution >= 0.6 is 0 Å². The van der Waals surface area contributed by atoms with Crippen LogP contribution in [0, 0.1) is 0 Å². The third-order valence-corrected chi connectivity index (χ3v) is 3.51. The van der Waals surface area contributed by atoms with Gasteiger partial charge in [0.25, 0.3) is 0 Å². The van der Waals surface area contributed by atoms with Crippen molar-refractivity contribution in [2.24, 2.45) is 0 Å². The van der Waals surface area contributed by atoms with Gasteiger partial charge in [-0.3, -0.25) is 9.69 Å². The van der Waals surface area contributed by atoms with Crippen LogP contribution in [0.5, 0.6) is 0 Å². The van der Waals surface area contributed by atoms with E-state index in [4.69, 9.17) is 4.74 Å². The molecule has 3 nitrogen and oxygen atoms in total. The SMILES string of the molecule is CCOC(=O)C1CCCCN1C(CC)CC. The summed E-state index contributed by atoms with van der Waals surface area (Å²) < 4.78 is 5.17. The summed E-state index contributed by atoms with van der Waals surface area (Å²) in [4.78, 5) is 14.2. The van der Waals surface area contributed by atoms with Crippen molar-refractivity contribution < 1.29 is 9.53 Å². The molecule has 16 heavy (non-hydrogen) atoms. The molecule has 1 aliphatic rings. The van der Waals surface area contributed by atoms with Crippen molar-refractivity contribution in [3.63, 3.8) is 0 Å². The summed E-state index contributed by atoms with van der Waals surface area (Å²) in [6.07, 6.45) is 5.57. The molecule has 0 bridgehead atoms. The molecule has 0 spiro atoms. The minimum Gasteiger partial charge on any atom is -0.465 e. The average Bonchev–Trinajstić information content (AvgIpc) is 2.31. The van der Waals surface area contributed by atoms with Crippen LogP contribution in [0.3, 0.4) is 0 Å². The van der Waals surface area contributed by atoms with E-state index in [9.17, 15) is 4.79 Å². The normalized spacial score (nSPS) is 22.4. The van der Waals surface area contributed by atoms with E-state index in [0.717, 1.165) is 32.2 Å². The number of ether oxygens (including phenoxy) is 1. The summed E-state index contributed by atoms with van der Waals surface area (Å²) in [5.74, 6) is -0.0194. The molecule has 0 saturated carbocycles. The minimum absolute atomic E-state index is 0.0126. The summed E-state index contributed by atoms with van der Waals surface area (Å²) in [7, 11) is 0. The molecule has 1 aliphatic heterocycles. The van der Waals surface area contributed by atoms with Crippen molar-refractivity contribution in [2.45, 2.75) is 65.0 Å². The number of hydrogen-bond donors (Lipinski definition) is 0. The Hall–Kier alpha value is -0.570. The highest BCUT2D eigenvalue weighted by Gasteiger charge is 2.32. The molecular formula is C13H25NO2. The predicted octanol–water partition coefficient (Wildman–Crippen LogP) is 2.59. The van der Waals surface area contributed by atoms with Crippen LogP contribution in [0.15, 0.2) is 0 Å². The minimum atomic E-state index is -0.0194. The van der Waals surface area contributed by atoms with Gasteiger partial charge in [0, 0.05) is 6.04 Å². The highest BCUT2D eigenvalue weighted by atomic mass is 16.5. The molecule has 0 aliphatic carbocycles.